The van der Waals surface area contributed by atoms with Gasteiger partial charge in [0.2, 0.25) is 11.8 Å². The first-order chi connectivity index (χ1) is 10.2. The molecule has 0 spiro atoms. The summed E-state index contributed by atoms with van der Waals surface area (Å²) in [7, 11) is 0. The first-order valence-corrected chi connectivity index (χ1v) is 8.47. The van der Waals surface area contributed by atoms with Gasteiger partial charge in [-0.2, -0.15) is 0 Å². The summed E-state index contributed by atoms with van der Waals surface area (Å²) >= 11 is 0. The summed E-state index contributed by atoms with van der Waals surface area (Å²) in [5, 5.41) is 6.17. The van der Waals surface area contributed by atoms with Gasteiger partial charge in [0.1, 0.15) is 0 Å². The van der Waals surface area contributed by atoms with Crippen LogP contribution >= 0.6 is 12.4 Å². The molecular weight excluding hydrogens is 302 g/mol. The third-order valence-electron chi connectivity index (χ3n) is 5.43. The molecule has 3 fully saturated rings. The van der Waals surface area contributed by atoms with Crippen LogP contribution in [0.25, 0.3) is 0 Å². The van der Waals surface area contributed by atoms with Crippen molar-refractivity contribution in [2.75, 3.05) is 32.7 Å². The molecule has 22 heavy (non-hydrogen) atoms. The molecule has 2 aliphatic heterocycles. The molecule has 0 aromatic rings. The van der Waals surface area contributed by atoms with Crippen molar-refractivity contribution in [1.29, 1.82) is 0 Å². The normalized spacial score (nSPS) is 27.5. The van der Waals surface area contributed by atoms with E-state index in [2.05, 4.69) is 10.6 Å². The number of halogens is 1. The molecule has 2 heterocycles. The summed E-state index contributed by atoms with van der Waals surface area (Å²) in [4.78, 5) is 25.9. The van der Waals surface area contributed by atoms with Gasteiger partial charge in [-0.05, 0) is 24.2 Å². The van der Waals surface area contributed by atoms with Crippen LogP contribution in [0.3, 0.4) is 0 Å². The van der Waals surface area contributed by atoms with Gasteiger partial charge >= 0.3 is 0 Å². The zero-order valence-corrected chi connectivity index (χ0v) is 14.0. The van der Waals surface area contributed by atoms with Crippen molar-refractivity contribution in [3.63, 3.8) is 0 Å². The average molecular weight is 330 g/mol. The first-order valence-electron chi connectivity index (χ1n) is 8.47. The van der Waals surface area contributed by atoms with Crippen molar-refractivity contribution in [3.05, 3.63) is 0 Å². The van der Waals surface area contributed by atoms with Gasteiger partial charge in [0.05, 0.1) is 6.54 Å². The Balaban J connectivity index is 0.00000176. The molecule has 2 N–H and O–H groups in total. The molecule has 0 unspecified atom stereocenters. The van der Waals surface area contributed by atoms with Gasteiger partial charge < -0.3 is 15.5 Å². The second-order valence-electron chi connectivity index (χ2n) is 6.94. The lowest BCUT2D eigenvalue weighted by atomic mass is 10.0. The molecule has 2 saturated heterocycles. The van der Waals surface area contributed by atoms with E-state index >= 15 is 0 Å². The van der Waals surface area contributed by atoms with Crippen molar-refractivity contribution in [2.45, 2.75) is 38.5 Å². The topological polar surface area (TPSA) is 61.4 Å². The maximum Gasteiger partial charge on any atom is 0.241 e. The largest absolute Gasteiger partial charge is 0.347 e. The molecule has 0 radical (unpaired) electrons. The minimum absolute atomic E-state index is 0. The van der Waals surface area contributed by atoms with Crippen LogP contribution in [0.15, 0.2) is 0 Å². The molecule has 126 valence electrons. The number of nitrogens with one attached hydrogen (secondary N) is 2. The molecule has 5 nitrogen and oxygen atoms in total. The zero-order valence-electron chi connectivity index (χ0n) is 13.2. The molecule has 6 heteroatoms. The van der Waals surface area contributed by atoms with E-state index in [4.69, 9.17) is 0 Å². The standard InChI is InChI=1S/C16H27N3O2.ClH/c20-15(6-5-12-3-1-2-4-12)18-9-16(21)19-10-13-7-17-8-14(13)11-19;/h12-14,17H,1-11H2,(H,18,20);1H/t13-,14+;. The summed E-state index contributed by atoms with van der Waals surface area (Å²) < 4.78 is 0. The molecule has 0 aromatic heterocycles. The van der Waals surface area contributed by atoms with Gasteiger partial charge in [0.15, 0.2) is 0 Å². The Morgan fingerprint density at radius 3 is 2.36 bits per heavy atom. The summed E-state index contributed by atoms with van der Waals surface area (Å²) in [6, 6.07) is 0. The third kappa shape index (κ3) is 4.35. The van der Waals surface area contributed by atoms with Gasteiger partial charge in [-0.25, -0.2) is 0 Å². The van der Waals surface area contributed by atoms with Crippen LogP contribution in [0.5, 0.6) is 0 Å². The summed E-state index contributed by atoms with van der Waals surface area (Å²) in [6.07, 6.45) is 6.74. The number of fused-ring (bicyclic) bond motifs is 1. The highest BCUT2D eigenvalue weighted by molar-refractivity contribution is 5.85. The van der Waals surface area contributed by atoms with E-state index in [1.54, 1.807) is 0 Å². The molecule has 0 bridgehead atoms. The number of carbonyl (C=O) groups excluding carboxylic acids is 2. The lowest BCUT2D eigenvalue weighted by Crippen LogP contribution is -2.40. The summed E-state index contributed by atoms with van der Waals surface area (Å²) in [5.74, 6) is 2.09. The number of hydrogen-bond donors (Lipinski definition) is 2. The predicted octanol–water partition coefficient (Wildman–Crippen LogP) is 1.17. The Bertz CT molecular complexity index is 387. The Labute approximate surface area is 139 Å². The van der Waals surface area contributed by atoms with Gasteiger partial charge in [-0.1, -0.05) is 25.7 Å². The fraction of sp³-hybridized carbons (Fsp3) is 0.875. The molecule has 1 saturated carbocycles. The zero-order chi connectivity index (χ0) is 14.7. The summed E-state index contributed by atoms with van der Waals surface area (Å²) in [6.45, 7) is 3.95. The number of likely N-dealkylation sites (tertiary alicyclic amines) is 1. The van der Waals surface area contributed by atoms with Crippen molar-refractivity contribution < 1.29 is 9.59 Å². The van der Waals surface area contributed by atoms with Gasteiger partial charge in [0.25, 0.3) is 0 Å². The lowest BCUT2D eigenvalue weighted by molar-refractivity contribution is -0.132. The fourth-order valence-corrected chi connectivity index (χ4v) is 4.07. The molecular formula is C16H28ClN3O2. The summed E-state index contributed by atoms with van der Waals surface area (Å²) in [5.41, 5.74) is 0. The van der Waals surface area contributed by atoms with Crippen molar-refractivity contribution >= 4 is 24.2 Å². The highest BCUT2D eigenvalue weighted by Gasteiger charge is 2.37. The number of rotatable bonds is 5. The number of amides is 2. The third-order valence-corrected chi connectivity index (χ3v) is 5.43. The smallest absolute Gasteiger partial charge is 0.241 e. The van der Waals surface area contributed by atoms with Crippen molar-refractivity contribution in [2.24, 2.45) is 17.8 Å². The molecule has 0 aromatic carbocycles. The van der Waals surface area contributed by atoms with Gasteiger partial charge in [0, 0.05) is 32.6 Å². The van der Waals surface area contributed by atoms with E-state index in [0.717, 1.165) is 38.5 Å². The maximum absolute atomic E-state index is 12.1. The Morgan fingerprint density at radius 2 is 1.73 bits per heavy atom. The molecule has 3 rings (SSSR count). The second-order valence-corrected chi connectivity index (χ2v) is 6.94. The monoisotopic (exact) mass is 329 g/mol. The van der Waals surface area contributed by atoms with E-state index in [-0.39, 0.29) is 30.8 Å². The minimum Gasteiger partial charge on any atom is -0.347 e. The average Bonchev–Trinajstić information content (AvgIpc) is 3.17. The van der Waals surface area contributed by atoms with E-state index in [0.29, 0.717) is 18.3 Å². The van der Waals surface area contributed by atoms with E-state index in [9.17, 15) is 9.59 Å². The number of hydrogen-bond acceptors (Lipinski definition) is 3. The van der Waals surface area contributed by atoms with Crippen LogP contribution < -0.4 is 10.6 Å². The quantitative estimate of drug-likeness (QED) is 0.796. The Morgan fingerprint density at radius 1 is 1.09 bits per heavy atom. The first kappa shape index (κ1) is 17.5. The second kappa shape index (κ2) is 8.16. The van der Waals surface area contributed by atoms with E-state index in [1.165, 1.54) is 25.7 Å². The van der Waals surface area contributed by atoms with E-state index < -0.39 is 0 Å². The molecule has 3 aliphatic rings. The van der Waals surface area contributed by atoms with Crippen LogP contribution in [-0.2, 0) is 9.59 Å². The van der Waals surface area contributed by atoms with Crippen LogP contribution in [0, 0.1) is 17.8 Å². The molecule has 1 aliphatic carbocycles. The number of nitrogens with zero attached hydrogens (tertiary/aromatic N) is 1. The predicted molar refractivity (Wildman–Crippen MR) is 87.9 cm³/mol. The van der Waals surface area contributed by atoms with Crippen LogP contribution in [0.1, 0.15) is 38.5 Å². The lowest BCUT2D eigenvalue weighted by Gasteiger charge is -2.18. The van der Waals surface area contributed by atoms with Crippen LogP contribution in [0.4, 0.5) is 0 Å². The Hall–Kier alpha value is -0.810. The minimum atomic E-state index is 0. The van der Waals surface area contributed by atoms with Crippen LogP contribution in [0.2, 0.25) is 0 Å². The van der Waals surface area contributed by atoms with E-state index in [1.807, 2.05) is 4.90 Å². The SMILES string of the molecule is Cl.O=C(CCC1CCCC1)NCC(=O)N1C[C@H]2CNC[C@H]2C1. The number of carbonyl (C=O) groups is 2. The van der Waals surface area contributed by atoms with Crippen molar-refractivity contribution in [1.82, 2.24) is 15.5 Å². The highest BCUT2D eigenvalue weighted by atomic mass is 35.5. The molecule has 2 atom stereocenters. The Kier molecular flexibility index (Phi) is 6.50. The van der Waals surface area contributed by atoms with Gasteiger partial charge in [-0.3, -0.25) is 9.59 Å². The fourth-order valence-electron chi connectivity index (χ4n) is 4.07. The van der Waals surface area contributed by atoms with Crippen molar-refractivity contribution in [3.8, 4) is 0 Å². The maximum atomic E-state index is 12.1. The van der Waals surface area contributed by atoms with Crippen LogP contribution in [-0.4, -0.2) is 49.4 Å². The molecule has 2 amide bonds. The highest BCUT2D eigenvalue weighted by Crippen LogP contribution is 2.28. The van der Waals surface area contributed by atoms with Gasteiger partial charge in [-0.15, -0.1) is 12.4 Å².